The van der Waals surface area contributed by atoms with E-state index in [-0.39, 0.29) is 18.9 Å². The number of nitrogens with zero attached hydrogens (tertiary/aromatic N) is 1. The highest BCUT2D eigenvalue weighted by Gasteiger charge is 2.20. The molecule has 0 aliphatic rings. The zero-order valence-corrected chi connectivity index (χ0v) is 16.6. The summed E-state index contributed by atoms with van der Waals surface area (Å²) in [6, 6.07) is 13.5. The molecule has 5 nitrogen and oxygen atoms in total. The van der Waals surface area contributed by atoms with Gasteiger partial charge in [0, 0.05) is 19.5 Å². The molecule has 1 amide bonds. The van der Waals surface area contributed by atoms with Crippen LogP contribution in [0.3, 0.4) is 0 Å². The lowest BCUT2D eigenvalue weighted by atomic mass is 10.1. The van der Waals surface area contributed by atoms with E-state index in [1.54, 1.807) is 6.07 Å². The Bertz CT molecular complexity index is 892. The number of amides is 1. The van der Waals surface area contributed by atoms with E-state index in [9.17, 15) is 13.2 Å². The number of hydrogen-bond acceptors (Lipinski definition) is 3. The Labute approximate surface area is 156 Å². The van der Waals surface area contributed by atoms with Gasteiger partial charge in [-0.05, 0) is 38.0 Å². The summed E-state index contributed by atoms with van der Waals surface area (Å²) in [5.74, 6) is -0.176. The molecule has 0 spiro atoms. The van der Waals surface area contributed by atoms with E-state index in [2.05, 4.69) is 5.32 Å². The largest absolute Gasteiger partial charge is 0.352 e. The predicted molar refractivity (Wildman–Crippen MR) is 106 cm³/mol. The number of rotatable bonds is 7. The van der Waals surface area contributed by atoms with Crippen molar-refractivity contribution in [3.8, 4) is 0 Å². The number of carbonyl (C=O) groups excluding carboxylic acids is 1. The molecule has 0 saturated heterocycles. The van der Waals surface area contributed by atoms with Crippen molar-refractivity contribution in [2.24, 2.45) is 0 Å². The number of carbonyl (C=O) groups is 1. The highest BCUT2D eigenvalue weighted by atomic mass is 32.2. The van der Waals surface area contributed by atoms with Crippen molar-refractivity contribution in [1.29, 1.82) is 0 Å². The average molecular weight is 375 g/mol. The van der Waals surface area contributed by atoms with Gasteiger partial charge in [-0.25, -0.2) is 8.42 Å². The molecule has 1 N–H and O–H groups in total. The van der Waals surface area contributed by atoms with Crippen LogP contribution in [0.2, 0.25) is 0 Å². The van der Waals surface area contributed by atoms with Gasteiger partial charge in [-0.2, -0.15) is 0 Å². The van der Waals surface area contributed by atoms with Crippen molar-refractivity contribution in [2.45, 2.75) is 33.7 Å². The lowest BCUT2D eigenvalue weighted by molar-refractivity contribution is -0.121. The topological polar surface area (TPSA) is 66.5 Å². The molecule has 0 unspecified atom stereocenters. The van der Waals surface area contributed by atoms with E-state index in [0.29, 0.717) is 12.2 Å². The third kappa shape index (κ3) is 5.59. The van der Waals surface area contributed by atoms with Crippen molar-refractivity contribution >= 4 is 21.6 Å². The van der Waals surface area contributed by atoms with Gasteiger partial charge in [0.1, 0.15) is 0 Å². The molecular weight excluding hydrogens is 348 g/mol. The third-order valence-corrected chi connectivity index (χ3v) is 5.32. The second kappa shape index (κ2) is 8.36. The van der Waals surface area contributed by atoms with E-state index >= 15 is 0 Å². The second-order valence-electron chi connectivity index (χ2n) is 6.64. The lowest BCUT2D eigenvalue weighted by Crippen LogP contribution is -2.35. The molecule has 0 fully saturated rings. The van der Waals surface area contributed by atoms with Gasteiger partial charge < -0.3 is 5.32 Å². The van der Waals surface area contributed by atoms with Crippen molar-refractivity contribution in [3.63, 3.8) is 0 Å². The molecule has 0 heterocycles. The Balaban J connectivity index is 2.02. The summed E-state index contributed by atoms with van der Waals surface area (Å²) in [7, 11) is -3.47. The van der Waals surface area contributed by atoms with Gasteiger partial charge in [-0.15, -0.1) is 0 Å². The number of anilines is 1. The summed E-state index contributed by atoms with van der Waals surface area (Å²) in [5.41, 5.74) is 4.71. The Morgan fingerprint density at radius 3 is 2.35 bits per heavy atom. The Morgan fingerprint density at radius 2 is 1.73 bits per heavy atom. The normalized spacial score (nSPS) is 11.2. The maximum atomic E-state index is 12.2. The molecule has 2 aromatic carbocycles. The fourth-order valence-electron chi connectivity index (χ4n) is 2.86. The van der Waals surface area contributed by atoms with Crippen LogP contribution in [0, 0.1) is 20.8 Å². The first-order chi connectivity index (χ1) is 12.2. The predicted octanol–water partition coefficient (Wildman–Crippen LogP) is 3.08. The van der Waals surface area contributed by atoms with Crippen molar-refractivity contribution in [1.82, 2.24) is 5.32 Å². The van der Waals surface area contributed by atoms with Crippen molar-refractivity contribution < 1.29 is 13.2 Å². The maximum Gasteiger partial charge on any atom is 0.232 e. The molecule has 0 saturated carbocycles. The zero-order valence-electron chi connectivity index (χ0n) is 15.7. The van der Waals surface area contributed by atoms with Gasteiger partial charge in [0.15, 0.2) is 0 Å². The SMILES string of the molecule is Cc1cccc(CNC(=O)CCN(c2ccc(C)cc2C)S(C)(=O)=O)c1. The minimum absolute atomic E-state index is 0.103. The Hall–Kier alpha value is -2.34. The van der Waals surface area contributed by atoms with E-state index in [1.165, 1.54) is 4.31 Å². The van der Waals surface area contributed by atoms with Crippen molar-refractivity contribution in [2.75, 3.05) is 17.1 Å². The summed E-state index contributed by atoms with van der Waals surface area (Å²) in [4.78, 5) is 12.2. The van der Waals surface area contributed by atoms with Crippen LogP contribution in [0.5, 0.6) is 0 Å². The monoisotopic (exact) mass is 374 g/mol. The Kier molecular flexibility index (Phi) is 6.42. The first-order valence-corrected chi connectivity index (χ1v) is 10.4. The molecule has 26 heavy (non-hydrogen) atoms. The number of sulfonamides is 1. The van der Waals surface area contributed by atoms with Crippen LogP contribution in [0.25, 0.3) is 0 Å². The van der Waals surface area contributed by atoms with E-state index < -0.39 is 10.0 Å². The molecule has 0 radical (unpaired) electrons. The zero-order chi connectivity index (χ0) is 19.3. The van der Waals surface area contributed by atoms with Crippen LogP contribution >= 0.6 is 0 Å². The summed E-state index contributed by atoms with van der Waals surface area (Å²) in [6.45, 7) is 6.38. The Morgan fingerprint density at radius 1 is 1.04 bits per heavy atom. The number of hydrogen-bond donors (Lipinski definition) is 1. The summed E-state index contributed by atoms with van der Waals surface area (Å²) >= 11 is 0. The number of benzene rings is 2. The van der Waals surface area contributed by atoms with Crippen LogP contribution < -0.4 is 9.62 Å². The van der Waals surface area contributed by atoms with E-state index in [4.69, 9.17) is 0 Å². The molecule has 0 aliphatic heterocycles. The van der Waals surface area contributed by atoms with Gasteiger partial charge in [-0.3, -0.25) is 9.10 Å². The van der Waals surface area contributed by atoms with Gasteiger partial charge in [0.2, 0.25) is 15.9 Å². The molecule has 0 aliphatic carbocycles. The summed E-state index contributed by atoms with van der Waals surface area (Å²) < 4.78 is 25.7. The summed E-state index contributed by atoms with van der Waals surface area (Å²) in [6.07, 6.45) is 1.27. The summed E-state index contributed by atoms with van der Waals surface area (Å²) in [5, 5.41) is 2.85. The van der Waals surface area contributed by atoms with Crippen LogP contribution in [-0.4, -0.2) is 27.1 Å². The van der Waals surface area contributed by atoms with Crippen LogP contribution in [-0.2, 0) is 21.4 Å². The van der Waals surface area contributed by atoms with Gasteiger partial charge in [0.25, 0.3) is 0 Å². The fraction of sp³-hybridized carbons (Fsp3) is 0.350. The van der Waals surface area contributed by atoms with Crippen LogP contribution in [0.15, 0.2) is 42.5 Å². The van der Waals surface area contributed by atoms with Crippen LogP contribution in [0.4, 0.5) is 5.69 Å². The molecule has 0 atom stereocenters. The molecule has 0 bridgehead atoms. The van der Waals surface area contributed by atoms with E-state index in [0.717, 1.165) is 28.5 Å². The van der Waals surface area contributed by atoms with Crippen molar-refractivity contribution in [3.05, 3.63) is 64.7 Å². The minimum Gasteiger partial charge on any atom is -0.352 e. The average Bonchev–Trinajstić information content (AvgIpc) is 2.54. The second-order valence-corrected chi connectivity index (χ2v) is 8.55. The molecule has 2 aromatic rings. The van der Waals surface area contributed by atoms with Crippen LogP contribution in [0.1, 0.15) is 28.7 Å². The molecule has 0 aromatic heterocycles. The minimum atomic E-state index is -3.47. The molecule has 6 heteroatoms. The van der Waals surface area contributed by atoms with Gasteiger partial charge in [-0.1, -0.05) is 47.5 Å². The highest BCUT2D eigenvalue weighted by Crippen LogP contribution is 2.23. The third-order valence-electron chi connectivity index (χ3n) is 4.14. The highest BCUT2D eigenvalue weighted by molar-refractivity contribution is 7.92. The fourth-order valence-corrected chi connectivity index (χ4v) is 3.85. The molecule has 140 valence electrons. The first-order valence-electron chi connectivity index (χ1n) is 8.54. The maximum absolute atomic E-state index is 12.2. The molecular formula is C20H26N2O3S. The lowest BCUT2D eigenvalue weighted by Gasteiger charge is -2.24. The van der Waals surface area contributed by atoms with Gasteiger partial charge >= 0.3 is 0 Å². The van der Waals surface area contributed by atoms with E-state index in [1.807, 2.05) is 57.2 Å². The molecule has 2 rings (SSSR count). The number of aryl methyl sites for hydroxylation is 3. The standard InChI is InChI=1S/C20H26N2O3S/c1-15-6-5-7-18(13-15)14-21-20(23)10-11-22(26(4,24)25)19-9-8-16(2)12-17(19)3/h5-9,12-13H,10-11,14H2,1-4H3,(H,21,23). The first kappa shape index (κ1) is 20.0. The van der Waals surface area contributed by atoms with Gasteiger partial charge in [0.05, 0.1) is 11.9 Å². The quantitative estimate of drug-likeness (QED) is 0.810. The smallest absolute Gasteiger partial charge is 0.232 e. The number of nitrogens with one attached hydrogen (secondary N) is 1.